The van der Waals surface area contributed by atoms with Gasteiger partial charge in [-0.2, -0.15) is 0 Å². The van der Waals surface area contributed by atoms with E-state index >= 15 is 0 Å². The van der Waals surface area contributed by atoms with E-state index in [1.54, 1.807) is 0 Å². The summed E-state index contributed by atoms with van der Waals surface area (Å²) in [5, 5.41) is 0. The fourth-order valence-electron chi connectivity index (χ4n) is 0.628. The molecule has 0 aliphatic carbocycles. The minimum atomic E-state index is 0.537. The maximum absolute atomic E-state index is 5.36. The summed E-state index contributed by atoms with van der Waals surface area (Å²) in [5.74, 6) is 2.36. The van der Waals surface area contributed by atoms with Gasteiger partial charge in [-0.05, 0) is 6.92 Å². The van der Waals surface area contributed by atoms with Gasteiger partial charge in [-0.3, -0.25) is 0 Å². The normalized spacial score (nSPS) is 22.1. The van der Waals surface area contributed by atoms with Crippen LogP contribution in [-0.4, -0.2) is 24.2 Å². The number of ether oxygens (including phenoxy) is 1. The topological polar surface area (TPSA) is 9.23 Å². The molecule has 1 aliphatic heterocycles. The molecule has 8 heavy (non-hydrogen) atoms. The summed E-state index contributed by atoms with van der Waals surface area (Å²) in [6.45, 7) is 2.92. The van der Waals surface area contributed by atoms with Gasteiger partial charge in [0.15, 0.2) is 0 Å². The molecule has 0 unspecified atom stereocenters. The highest BCUT2D eigenvalue weighted by Gasteiger charge is 2.14. The predicted octanol–water partition coefficient (Wildman–Crippen LogP) is 1.79. The van der Waals surface area contributed by atoms with Crippen LogP contribution in [0.15, 0.2) is 0 Å². The predicted molar refractivity (Wildman–Crippen MR) is 40.3 cm³/mol. The fourth-order valence-corrected chi connectivity index (χ4v) is 3.19. The second-order valence-corrected chi connectivity index (χ2v) is 4.20. The van der Waals surface area contributed by atoms with Gasteiger partial charge in [-0.15, -0.1) is 0 Å². The lowest BCUT2D eigenvalue weighted by Crippen LogP contribution is -2.13. The van der Waals surface area contributed by atoms with Crippen molar-refractivity contribution in [2.45, 2.75) is 13.0 Å². The second kappa shape index (κ2) is 3.64. The van der Waals surface area contributed by atoms with Gasteiger partial charge < -0.3 is 4.74 Å². The molecule has 3 heteroatoms. The molecule has 1 fully saturated rings. The number of rotatable bonds is 2. The third kappa shape index (κ3) is 1.88. The summed E-state index contributed by atoms with van der Waals surface area (Å²) in [5.41, 5.74) is 0. The van der Waals surface area contributed by atoms with E-state index in [4.69, 9.17) is 4.74 Å². The Morgan fingerprint density at radius 3 is 2.62 bits per heavy atom. The first-order valence-corrected chi connectivity index (χ1v) is 5.28. The second-order valence-electron chi connectivity index (χ2n) is 1.65. The summed E-state index contributed by atoms with van der Waals surface area (Å²) in [6, 6.07) is 0. The molecule has 0 amide bonds. The van der Waals surface area contributed by atoms with Crippen molar-refractivity contribution < 1.29 is 4.74 Å². The monoisotopic (exact) mass is 150 g/mol. The van der Waals surface area contributed by atoms with Crippen LogP contribution in [-0.2, 0) is 4.74 Å². The van der Waals surface area contributed by atoms with Gasteiger partial charge in [0.2, 0.25) is 0 Å². The maximum atomic E-state index is 5.36. The summed E-state index contributed by atoms with van der Waals surface area (Å²) >= 11 is 0. The number of hydrogen-bond donors (Lipinski definition) is 0. The van der Waals surface area contributed by atoms with Crippen molar-refractivity contribution in [3.05, 3.63) is 0 Å². The lowest BCUT2D eigenvalue weighted by molar-refractivity contribution is 0.0978. The van der Waals surface area contributed by atoms with E-state index in [1.807, 2.05) is 28.5 Å². The quantitative estimate of drug-likeness (QED) is 0.555. The van der Waals surface area contributed by atoms with E-state index < -0.39 is 0 Å². The van der Waals surface area contributed by atoms with Crippen LogP contribution in [0.2, 0.25) is 0 Å². The molecule has 0 spiro atoms. The van der Waals surface area contributed by atoms with Crippen LogP contribution in [0.4, 0.5) is 0 Å². The molecule has 48 valence electrons. The van der Waals surface area contributed by atoms with E-state index in [0.29, 0.717) is 6.10 Å². The average Bonchev–Trinajstić information content (AvgIpc) is 2.19. The Bertz CT molecular complexity index is 61.4. The number of hydrogen-bond acceptors (Lipinski definition) is 3. The van der Waals surface area contributed by atoms with Crippen LogP contribution in [0.25, 0.3) is 0 Å². The first-order valence-electron chi connectivity index (χ1n) is 2.79. The van der Waals surface area contributed by atoms with E-state index in [1.165, 1.54) is 11.5 Å². The summed E-state index contributed by atoms with van der Waals surface area (Å²) in [6.07, 6.45) is 0.537. The molecule has 1 aliphatic rings. The molecular formula is C5H10OS2. The molecule has 0 aromatic rings. The molecular weight excluding hydrogens is 140 g/mol. The van der Waals surface area contributed by atoms with Crippen molar-refractivity contribution in [2.24, 2.45) is 0 Å². The van der Waals surface area contributed by atoms with Gasteiger partial charge in [-0.1, -0.05) is 21.6 Å². The van der Waals surface area contributed by atoms with Gasteiger partial charge in [0.05, 0.1) is 6.10 Å². The Hall–Kier alpha value is 0.660. The molecule has 0 aromatic carbocycles. The van der Waals surface area contributed by atoms with Crippen LogP contribution in [0.1, 0.15) is 6.92 Å². The van der Waals surface area contributed by atoms with Gasteiger partial charge in [0.1, 0.15) is 0 Å². The van der Waals surface area contributed by atoms with Crippen LogP contribution in [0, 0.1) is 0 Å². The molecule has 0 N–H and O–H groups in total. The average molecular weight is 150 g/mol. The summed E-state index contributed by atoms with van der Waals surface area (Å²) < 4.78 is 5.36. The van der Waals surface area contributed by atoms with Gasteiger partial charge >= 0.3 is 0 Å². The van der Waals surface area contributed by atoms with Crippen molar-refractivity contribution in [2.75, 3.05) is 18.1 Å². The van der Waals surface area contributed by atoms with Crippen LogP contribution in [0.5, 0.6) is 0 Å². The Kier molecular flexibility index (Phi) is 3.08. The first kappa shape index (κ1) is 6.78. The fraction of sp³-hybridized carbons (Fsp3) is 1.00. The van der Waals surface area contributed by atoms with Crippen molar-refractivity contribution in [1.82, 2.24) is 0 Å². The van der Waals surface area contributed by atoms with Gasteiger partial charge in [-0.25, -0.2) is 0 Å². The van der Waals surface area contributed by atoms with E-state index in [-0.39, 0.29) is 0 Å². The smallest absolute Gasteiger partial charge is 0.0772 e. The van der Waals surface area contributed by atoms with Gasteiger partial charge in [0, 0.05) is 18.1 Å². The lowest BCUT2D eigenvalue weighted by Gasteiger charge is -2.04. The maximum Gasteiger partial charge on any atom is 0.0772 e. The van der Waals surface area contributed by atoms with Crippen molar-refractivity contribution in [1.29, 1.82) is 0 Å². The zero-order valence-corrected chi connectivity index (χ0v) is 6.56. The minimum Gasteiger partial charge on any atom is -0.377 e. The molecule has 0 aromatic heterocycles. The molecule has 0 bridgehead atoms. The first-order chi connectivity index (χ1) is 3.93. The van der Waals surface area contributed by atoms with Crippen LogP contribution in [0.3, 0.4) is 0 Å². The van der Waals surface area contributed by atoms with Crippen LogP contribution >= 0.6 is 21.6 Å². The summed E-state index contributed by atoms with van der Waals surface area (Å²) in [4.78, 5) is 0. The highest BCUT2D eigenvalue weighted by atomic mass is 33.1. The molecule has 0 atom stereocenters. The molecule has 1 saturated heterocycles. The third-order valence-electron chi connectivity index (χ3n) is 0.994. The lowest BCUT2D eigenvalue weighted by atomic mass is 10.5. The minimum absolute atomic E-state index is 0.537. The SMILES string of the molecule is CCOC1CSSC1. The highest BCUT2D eigenvalue weighted by Crippen LogP contribution is 2.31. The van der Waals surface area contributed by atoms with Crippen molar-refractivity contribution >= 4 is 21.6 Å². The van der Waals surface area contributed by atoms with Gasteiger partial charge in [0.25, 0.3) is 0 Å². The third-order valence-corrected chi connectivity index (χ3v) is 3.49. The van der Waals surface area contributed by atoms with E-state index in [0.717, 1.165) is 6.61 Å². The molecule has 1 nitrogen and oxygen atoms in total. The highest BCUT2D eigenvalue weighted by molar-refractivity contribution is 8.77. The molecule has 1 rings (SSSR count). The zero-order chi connectivity index (χ0) is 5.82. The zero-order valence-electron chi connectivity index (χ0n) is 4.92. The van der Waals surface area contributed by atoms with Crippen molar-refractivity contribution in [3.8, 4) is 0 Å². The van der Waals surface area contributed by atoms with Crippen molar-refractivity contribution in [3.63, 3.8) is 0 Å². The molecule has 0 saturated carbocycles. The molecule has 0 radical (unpaired) electrons. The van der Waals surface area contributed by atoms with E-state index in [9.17, 15) is 0 Å². The standard InChI is InChI=1S/C5H10OS2/c1-2-6-5-3-7-8-4-5/h5H,2-4H2,1H3. The van der Waals surface area contributed by atoms with E-state index in [2.05, 4.69) is 0 Å². The summed E-state index contributed by atoms with van der Waals surface area (Å²) in [7, 11) is 3.83. The van der Waals surface area contributed by atoms with Crippen LogP contribution < -0.4 is 0 Å². The Morgan fingerprint density at radius 2 is 2.12 bits per heavy atom. The molecule has 1 heterocycles. The Morgan fingerprint density at radius 1 is 1.50 bits per heavy atom. The Balaban J connectivity index is 2.06. The largest absolute Gasteiger partial charge is 0.377 e. The Labute approximate surface area is 58.0 Å².